The number of nitrogens with zero attached hydrogens (tertiary/aromatic N) is 2. The Balaban J connectivity index is 1.80. The first-order valence-corrected chi connectivity index (χ1v) is 13.8. The molecule has 32 heavy (non-hydrogen) atoms. The summed E-state index contributed by atoms with van der Waals surface area (Å²) in [6, 6.07) is 3.66. The smallest absolute Gasteiger partial charge is 0.407 e. The van der Waals surface area contributed by atoms with Crippen LogP contribution in [0.1, 0.15) is 38.3 Å². The molecule has 0 spiro atoms. The number of nitrogens with one attached hydrogen (secondary N) is 1. The van der Waals surface area contributed by atoms with Gasteiger partial charge in [-0.1, -0.05) is 27.7 Å². The Kier molecular flexibility index (Phi) is 7.31. The van der Waals surface area contributed by atoms with Crippen molar-refractivity contribution in [2.75, 3.05) is 23.0 Å². The van der Waals surface area contributed by atoms with E-state index < -0.39 is 21.5 Å². The first kappa shape index (κ1) is 25.0. The average molecular weight is 547 g/mol. The molecule has 2 aliphatic heterocycles. The number of amides is 2. The quantitative estimate of drug-likeness (QED) is 0.616. The summed E-state index contributed by atoms with van der Waals surface area (Å²) < 4.78 is 30.6. The Bertz CT molecular complexity index is 1040. The molecule has 2 unspecified atom stereocenters. The number of carbonyl (C=O) groups excluding carboxylic acids is 2. The summed E-state index contributed by atoms with van der Waals surface area (Å²) in [5, 5.41) is 2.89. The van der Waals surface area contributed by atoms with Crippen molar-refractivity contribution in [1.29, 1.82) is 0 Å². The maximum Gasteiger partial charge on any atom is 0.407 e. The van der Waals surface area contributed by atoms with Crippen LogP contribution in [0.5, 0.6) is 0 Å². The largest absolute Gasteiger partial charge is 0.444 e. The van der Waals surface area contributed by atoms with Crippen molar-refractivity contribution in [1.82, 2.24) is 5.32 Å². The molecular weight excluding hydrogens is 518 g/mol. The van der Waals surface area contributed by atoms with Crippen molar-refractivity contribution in [3.05, 3.63) is 27.7 Å². The van der Waals surface area contributed by atoms with Crippen molar-refractivity contribution < 1.29 is 22.7 Å². The fourth-order valence-electron chi connectivity index (χ4n) is 3.86. The minimum absolute atomic E-state index is 0.0169. The van der Waals surface area contributed by atoms with Crippen molar-refractivity contribution in [3.8, 4) is 0 Å². The monoisotopic (exact) mass is 545 g/mol. The summed E-state index contributed by atoms with van der Waals surface area (Å²) in [7, 11) is -3.14. The van der Waals surface area contributed by atoms with Gasteiger partial charge in [0.2, 0.25) is 5.91 Å². The number of carbonyl (C=O) groups is 2. The van der Waals surface area contributed by atoms with Crippen LogP contribution in [0.2, 0.25) is 0 Å². The third-order valence-corrected chi connectivity index (χ3v) is 8.66. The first-order valence-electron chi connectivity index (χ1n) is 10.3. The van der Waals surface area contributed by atoms with E-state index in [1.807, 2.05) is 30.9 Å². The molecule has 11 heteroatoms. The van der Waals surface area contributed by atoms with Gasteiger partial charge in [0.05, 0.1) is 17.5 Å². The number of rotatable bonds is 4. The minimum Gasteiger partial charge on any atom is -0.444 e. The molecule has 2 fully saturated rings. The van der Waals surface area contributed by atoms with Crippen LogP contribution in [0, 0.1) is 13.8 Å². The van der Waals surface area contributed by atoms with E-state index in [2.05, 4.69) is 26.2 Å². The van der Waals surface area contributed by atoms with Crippen LogP contribution >= 0.6 is 27.7 Å². The van der Waals surface area contributed by atoms with Gasteiger partial charge in [0, 0.05) is 28.4 Å². The second-order valence-electron chi connectivity index (χ2n) is 9.03. The Morgan fingerprint density at radius 3 is 2.47 bits per heavy atom. The third kappa shape index (κ3) is 6.05. The Morgan fingerprint density at radius 2 is 1.88 bits per heavy atom. The second kappa shape index (κ2) is 9.34. The van der Waals surface area contributed by atoms with Gasteiger partial charge in [0.25, 0.3) is 0 Å². The van der Waals surface area contributed by atoms with Gasteiger partial charge in [-0.15, -0.1) is 0 Å². The van der Waals surface area contributed by atoms with Gasteiger partial charge in [-0.05, 0) is 57.9 Å². The van der Waals surface area contributed by atoms with Crippen LogP contribution in [0.3, 0.4) is 0 Å². The molecule has 0 radical (unpaired) electrons. The molecular formula is C21H28BrN3O5S2. The Hall–Kier alpha value is -1.59. The fourth-order valence-corrected chi connectivity index (χ4v) is 8.46. The lowest BCUT2D eigenvalue weighted by Crippen LogP contribution is -2.38. The number of sulfone groups is 1. The number of hydrogen-bond acceptors (Lipinski definition) is 6. The zero-order valence-electron chi connectivity index (χ0n) is 18.8. The molecule has 0 aromatic heterocycles. The molecule has 8 nitrogen and oxygen atoms in total. The zero-order chi connectivity index (χ0) is 23.8. The number of thioether (sulfide) groups is 1. The number of aliphatic imine (C=N–C) groups is 1. The zero-order valence-corrected chi connectivity index (χ0v) is 22.0. The predicted molar refractivity (Wildman–Crippen MR) is 131 cm³/mol. The molecule has 1 aromatic rings. The van der Waals surface area contributed by atoms with Gasteiger partial charge in [-0.2, -0.15) is 4.99 Å². The Morgan fingerprint density at radius 1 is 1.25 bits per heavy atom. The van der Waals surface area contributed by atoms with Gasteiger partial charge in [0.15, 0.2) is 15.0 Å². The van der Waals surface area contributed by atoms with E-state index in [0.717, 1.165) is 21.3 Å². The van der Waals surface area contributed by atoms with Crippen molar-refractivity contribution in [2.24, 2.45) is 4.99 Å². The normalized spacial score (nSPS) is 23.3. The molecule has 0 bridgehead atoms. The second-order valence-corrected chi connectivity index (χ2v) is 13.3. The number of anilines is 1. The number of aryl methyl sites for hydroxylation is 2. The van der Waals surface area contributed by atoms with E-state index in [9.17, 15) is 18.0 Å². The van der Waals surface area contributed by atoms with E-state index in [0.29, 0.717) is 5.17 Å². The minimum atomic E-state index is -3.14. The van der Waals surface area contributed by atoms with Gasteiger partial charge < -0.3 is 15.0 Å². The van der Waals surface area contributed by atoms with Crippen LogP contribution in [0.25, 0.3) is 0 Å². The number of fused-ring (bicyclic) bond motifs is 1. The van der Waals surface area contributed by atoms with Crippen LogP contribution in [-0.4, -0.2) is 60.5 Å². The average Bonchev–Trinajstić information content (AvgIpc) is 3.04. The van der Waals surface area contributed by atoms with Crippen LogP contribution in [0.15, 0.2) is 21.6 Å². The number of halogens is 1. The summed E-state index contributed by atoms with van der Waals surface area (Å²) in [5.74, 6) is -0.280. The van der Waals surface area contributed by atoms with Gasteiger partial charge in [0.1, 0.15) is 5.60 Å². The van der Waals surface area contributed by atoms with Gasteiger partial charge in [-0.25, -0.2) is 13.2 Å². The third-order valence-electron chi connectivity index (χ3n) is 4.99. The lowest BCUT2D eigenvalue weighted by Gasteiger charge is -2.28. The van der Waals surface area contributed by atoms with E-state index >= 15 is 0 Å². The van der Waals surface area contributed by atoms with E-state index in [4.69, 9.17) is 4.74 Å². The number of alkyl carbamates (subject to hydrolysis) is 1. The topological polar surface area (TPSA) is 105 Å². The van der Waals surface area contributed by atoms with Crippen molar-refractivity contribution in [3.63, 3.8) is 0 Å². The van der Waals surface area contributed by atoms with E-state index in [1.165, 1.54) is 11.8 Å². The summed E-state index contributed by atoms with van der Waals surface area (Å²) >= 11 is 4.83. The first-order chi connectivity index (χ1) is 14.8. The molecule has 2 saturated heterocycles. The molecule has 176 valence electrons. The number of ether oxygens (including phenoxy) is 1. The SMILES string of the molecule is Cc1cc(Br)cc(C)c1N1C(=NC(=O)CCNC(=O)OC(C)(C)C)SC2CS(=O)(=O)CC21. The summed E-state index contributed by atoms with van der Waals surface area (Å²) in [6.07, 6.45) is -0.570. The molecule has 1 N–H and O–H groups in total. The van der Waals surface area contributed by atoms with Crippen molar-refractivity contribution in [2.45, 2.75) is 57.9 Å². The van der Waals surface area contributed by atoms with Crippen LogP contribution in [0.4, 0.5) is 10.5 Å². The molecule has 3 rings (SSSR count). The summed E-state index contributed by atoms with van der Waals surface area (Å²) in [6.45, 7) is 9.31. The van der Waals surface area contributed by atoms with Gasteiger partial charge in [-0.3, -0.25) is 4.79 Å². The molecule has 2 amide bonds. The maximum absolute atomic E-state index is 12.6. The predicted octanol–water partition coefficient (Wildman–Crippen LogP) is 3.58. The molecule has 0 aliphatic carbocycles. The number of amidine groups is 1. The van der Waals surface area contributed by atoms with E-state index in [-0.39, 0.29) is 41.7 Å². The van der Waals surface area contributed by atoms with Crippen LogP contribution < -0.4 is 10.2 Å². The highest BCUT2D eigenvalue weighted by Gasteiger charge is 2.50. The lowest BCUT2D eigenvalue weighted by atomic mass is 10.1. The lowest BCUT2D eigenvalue weighted by molar-refractivity contribution is -0.117. The van der Waals surface area contributed by atoms with Crippen molar-refractivity contribution >= 4 is 60.4 Å². The maximum atomic E-state index is 12.6. The highest BCUT2D eigenvalue weighted by Crippen LogP contribution is 2.43. The highest BCUT2D eigenvalue weighted by molar-refractivity contribution is 9.10. The van der Waals surface area contributed by atoms with Crippen LogP contribution in [-0.2, 0) is 19.4 Å². The fraction of sp³-hybridized carbons (Fsp3) is 0.571. The highest BCUT2D eigenvalue weighted by atomic mass is 79.9. The summed E-state index contributed by atoms with van der Waals surface area (Å²) in [5.41, 5.74) is 2.19. The standard InChI is InChI=1S/C21H28BrN3O5S2/c1-12-8-14(22)9-13(2)18(12)25-15-10-32(28,29)11-16(15)31-19(25)24-17(26)6-7-23-20(27)30-21(3,4)5/h8-9,15-16H,6-7,10-11H2,1-5H3,(H,23,27). The van der Waals surface area contributed by atoms with E-state index in [1.54, 1.807) is 20.8 Å². The number of benzene rings is 1. The molecule has 2 aliphatic rings. The molecule has 1 aromatic carbocycles. The van der Waals surface area contributed by atoms with Gasteiger partial charge >= 0.3 is 6.09 Å². The summed E-state index contributed by atoms with van der Waals surface area (Å²) in [4.78, 5) is 30.6. The molecule has 2 atom stereocenters. The Labute approximate surface area is 201 Å². The number of hydrogen-bond donors (Lipinski definition) is 1. The molecule has 0 saturated carbocycles. The molecule has 2 heterocycles.